The lowest BCUT2D eigenvalue weighted by Gasteiger charge is -2.03. The minimum atomic E-state index is -0.0928. The van der Waals surface area contributed by atoms with Gasteiger partial charge in [0.2, 0.25) is 0 Å². The average Bonchev–Trinajstić information content (AvgIpc) is 3.09. The first-order chi connectivity index (χ1) is 10.2. The predicted molar refractivity (Wildman–Crippen MR) is 82.4 cm³/mol. The maximum atomic E-state index is 12.1. The molecule has 0 fully saturated rings. The zero-order chi connectivity index (χ0) is 14.7. The number of aryl methyl sites for hydroxylation is 1. The number of nitrogens with zero attached hydrogens (tertiary/aromatic N) is 3. The van der Waals surface area contributed by atoms with Gasteiger partial charge in [0.15, 0.2) is 5.16 Å². The third kappa shape index (κ3) is 3.08. The van der Waals surface area contributed by atoms with Crippen LogP contribution in [0.1, 0.15) is 10.5 Å². The highest BCUT2D eigenvalue weighted by Gasteiger charge is 2.09. The highest BCUT2D eigenvalue weighted by Crippen LogP contribution is 2.15. The van der Waals surface area contributed by atoms with E-state index in [0.29, 0.717) is 12.2 Å². The number of hydrogen-bond acceptors (Lipinski definition) is 4. The van der Waals surface area contributed by atoms with Gasteiger partial charge in [0.05, 0.1) is 0 Å². The fraction of sp³-hybridized carbons (Fsp3) is 0.214. The van der Waals surface area contributed by atoms with Crippen LogP contribution in [0, 0.1) is 0 Å². The topological polar surface area (TPSA) is 75.6 Å². The molecule has 0 bridgehead atoms. The summed E-state index contributed by atoms with van der Waals surface area (Å²) in [6.07, 6.45) is 1.66. The molecule has 0 aliphatic carbocycles. The number of rotatable bonds is 5. The Labute approximate surface area is 126 Å². The molecular weight excluding hydrogens is 286 g/mol. The highest BCUT2D eigenvalue weighted by atomic mass is 32.2. The van der Waals surface area contributed by atoms with Gasteiger partial charge in [0.1, 0.15) is 12.0 Å². The SMILES string of the molecule is Cn1cnnc1SCCNC(=O)c1cc2ccccc2[nH]1. The fourth-order valence-corrected chi connectivity index (χ4v) is 2.74. The summed E-state index contributed by atoms with van der Waals surface area (Å²) >= 11 is 1.56. The maximum Gasteiger partial charge on any atom is 0.267 e. The van der Waals surface area contributed by atoms with Gasteiger partial charge < -0.3 is 14.9 Å². The summed E-state index contributed by atoms with van der Waals surface area (Å²) in [5.41, 5.74) is 1.55. The number of aromatic amines is 1. The van der Waals surface area contributed by atoms with E-state index >= 15 is 0 Å². The van der Waals surface area contributed by atoms with Crippen LogP contribution in [-0.4, -0.2) is 38.0 Å². The molecule has 0 radical (unpaired) electrons. The summed E-state index contributed by atoms with van der Waals surface area (Å²) < 4.78 is 1.85. The number of nitrogens with one attached hydrogen (secondary N) is 2. The largest absolute Gasteiger partial charge is 0.351 e. The summed E-state index contributed by atoms with van der Waals surface area (Å²) in [6, 6.07) is 9.69. The van der Waals surface area contributed by atoms with Crippen molar-refractivity contribution in [2.75, 3.05) is 12.3 Å². The van der Waals surface area contributed by atoms with Crippen molar-refractivity contribution in [2.24, 2.45) is 7.05 Å². The standard InChI is InChI=1S/C14H15N5OS/c1-19-9-16-18-14(19)21-7-6-15-13(20)12-8-10-4-2-3-5-11(10)17-12/h2-5,8-9,17H,6-7H2,1H3,(H,15,20). The molecule has 2 aromatic heterocycles. The monoisotopic (exact) mass is 301 g/mol. The van der Waals surface area contributed by atoms with Crippen molar-refractivity contribution in [1.29, 1.82) is 0 Å². The molecule has 0 saturated heterocycles. The Morgan fingerprint density at radius 1 is 1.43 bits per heavy atom. The Morgan fingerprint density at radius 3 is 3.05 bits per heavy atom. The smallest absolute Gasteiger partial charge is 0.267 e. The second kappa shape index (κ2) is 6.01. The summed E-state index contributed by atoms with van der Waals surface area (Å²) in [4.78, 5) is 15.2. The molecule has 0 aliphatic rings. The number of aromatic nitrogens is 4. The lowest BCUT2D eigenvalue weighted by molar-refractivity contribution is 0.0952. The molecule has 108 valence electrons. The van der Waals surface area contributed by atoms with Crippen molar-refractivity contribution < 1.29 is 4.79 Å². The normalized spacial score (nSPS) is 10.9. The number of fused-ring (bicyclic) bond motifs is 1. The van der Waals surface area contributed by atoms with E-state index in [1.54, 1.807) is 18.1 Å². The third-order valence-electron chi connectivity index (χ3n) is 3.06. The molecule has 3 rings (SSSR count). The second-order valence-electron chi connectivity index (χ2n) is 4.60. The summed E-state index contributed by atoms with van der Waals surface area (Å²) in [7, 11) is 1.89. The molecule has 0 aliphatic heterocycles. The molecule has 7 heteroatoms. The Balaban J connectivity index is 1.53. The molecule has 0 spiro atoms. The van der Waals surface area contributed by atoms with Crippen LogP contribution in [0.3, 0.4) is 0 Å². The van der Waals surface area contributed by atoms with Gasteiger partial charge >= 0.3 is 0 Å². The van der Waals surface area contributed by atoms with Crippen LogP contribution in [0.25, 0.3) is 10.9 Å². The Morgan fingerprint density at radius 2 is 2.29 bits per heavy atom. The van der Waals surface area contributed by atoms with Crippen molar-refractivity contribution in [2.45, 2.75) is 5.16 Å². The number of amides is 1. The summed E-state index contributed by atoms with van der Waals surface area (Å²) in [6.45, 7) is 0.575. The molecule has 2 heterocycles. The van der Waals surface area contributed by atoms with Crippen molar-refractivity contribution in [3.63, 3.8) is 0 Å². The van der Waals surface area contributed by atoms with Crippen LogP contribution < -0.4 is 5.32 Å². The van der Waals surface area contributed by atoms with Gasteiger partial charge in [-0.25, -0.2) is 0 Å². The number of H-pyrrole nitrogens is 1. The van der Waals surface area contributed by atoms with E-state index in [-0.39, 0.29) is 5.91 Å². The van der Waals surface area contributed by atoms with Gasteiger partial charge in [0, 0.05) is 30.2 Å². The molecule has 0 unspecified atom stereocenters. The Kier molecular flexibility index (Phi) is 3.92. The van der Waals surface area contributed by atoms with Crippen molar-refractivity contribution >= 4 is 28.6 Å². The van der Waals surface area contributed by atoms with Crippen molar-refractivity contribution in [3.8, 4) is 0 Å². The molecule has 2 N–H and O–H groups in total. The van der Waals surface area contributed by atoms with Gasteiger partial charge in [-0.15, -0.1) is 10.2 Å². The molecule has 6 nitrogen and oxygen atoms in total. The van der Waals surface area contributed by atoms with Crippen LogP contribution in [0.2, 0.25) is 0 Å². The Bertz CT molecular complexity index is 730. The van der Waals surface area contributed by atoms with E-state index in [0.717, 1.165) is 21.8 Å². The molecule has 21 heavy (non-hydrogen) atoms. The lowest BCUT2D eigenvalue weighted by Crippen LogP contribution is -2.26. The van der Waals surface area contributed by atoms with E-state index < -0.39 is 0 Å². The molecule has 3 aromatic rings. The van der Waals surface area contributed by atoms with Crippen molar-refractivity contribution in [1.82, 2.24) is 25.1 Å². The van der Waals surface area contributed by atoms with Gasteiger partial charge in [-0.2, -0.15) is 0 Å². The minimum absolute atomic E-state index is 0.0928. The minimum Gasteiger partial charge on any atom is -0.351 e. The highest BCUT2D eigenvalue weighted by molar-refractivity contribution is 7.99. The first-order valence-electron chi connectivity index (χ1n) is 6.57. The fourth-order valence-electron chi connectivity index (χ4n) is 2.00. The molecule has 1 aromatic carbocycles. The van der Waals surface area contributed by atoms with Gasteiger partial charge in [-0.1, -0.05) is 30.0 Å². The summed E-state index contributed by atoms with van der Waals surface area (Å²) in [5, 5.41) is 12.6. The van der Waals surface area contributed by atoms with E-state index in [9.17, 15) is 4.79 Å². The third-order valence-corrected chi connectivity index (χ3v) is 4.10. The van der Waals surface area contributed by atoms with E-state index in [1.807, 2.05) is 41.9 Å². The van der Waals surface area contributed by atoms with Gasteiger partial charge in [-0.05, 0) is 12.1 Å². The van der Waals surface area contributed by atoms with E-state index in [2.05, 4.69) is 20.5 Å². The first-order valence-corrected chi connectivity index (χ1v) is 7.55. The molecule has 1 amide bonds. The van der Waals surface area contributed by atoms with Crippen LogP contribution >= 0.6 is 11.8 Å². The van der Waals surface area contributed by atoms with Crippen LogP contribution in [0.4, 0.5) is 0 Å². The zero-order valence-electron chi connectivity index (χ0n) is 11.5. The van der Waals surface area contributed by atoms with Crippen LogP contribution in [0.15, 0.2) is 41.8 Å². The second-order valence-corrected chi connectivity index (χ2v) is 5.66. The predicted octanol–water partition coefficient (Wildman–Crippen LogP) is 1.82. The van der Waals surface area contributed by atoms with Crippen LogP contribution in [-0.2, 0) is 7.05 Å². The van der Waals surface area contributed by atoms with Gasteiger partial charge in [0.25, 0.3) is 5.91 Å². The zero-order valence-corrected chi connectivity index (χ0v) is 12.4. The number of carbonyl (C=O) groups is 1. The molecule has 0 saturated carbocycles. The maximum absolute atomic E-state index is 12.1. The van der Waals surface area contributed by atoms with E-state index in [4.69, 9.17) is 0 Å². The number of benzene rings is 1. The van der Waals surface area contributed by atoms with Crippen molar-refractivity contribution in [3.05, 3.63) is 42.4 Å². The summed E-state index contributed by atoms with van der Waals surface area (Å²) in [5.74, 6) is 0.656. The van der Waals surface area contributed by atoms with Gasteiger partial charge in [-0.3, -0.25) is 4.79 Å². The Hall–Kier alpha value is -2.28. The lowest BCUT2D eigenvalue weighted by atomic mass is 10.2. The quantitative estimate of drug-likeness (QED) is 0.557. The van der Waals surface area contributed by atoms with Crippen LogP contribution in [0.5, 0.6) is 0 Å². The average molecular weight is 301 g/mol. The van der Waals surface area contributed by atoms with E-state index in [1.165, 1.54) is 0 Å². The number of thioether (sulfide) groups is 1. The number of carbonyl (C=O) groups excluding carboxylic acids is 1. The number of para-hydroxylation sites is 1. The first kappa shape index (κ1) is 13.7. The number of hydrogen-bond donors (Lipinski definition) is 2. The molecule has 0 atom stereocenters. The molecular formula is C14H15N5OS.